The second kappa shape index (κ2) is 7.50. The minimum Gasteiger partial charge on any atom is -0.462 e. The Morgan fingerprint density at radius 1 is 1.40 bits per heavy atom. The van der Waals surface area contributed by atoms with E-state index in [-0.39, 0.29) is 17.6 Å². The summed E-state index contributed by atoms with van der Waals surface area (Å²) < 4.78 is 5.00. The van der Waals surface area contributed by atoms with Crippen molar-refractivity contribution in [1.29, 1.82) is 0 Å². The summed E-state index contributed by atoms with van der Waals surface area (Å²) in [5, 5.41) is 8.53. The molecular weight excluding hydrogens is 278 g/mol. The Labute approximate surface area is 123 Å². The number of aliphatic hydroxyl groups excluding tert-OH is 1. The van der Waals surface area contributed by atoms with Crippen LogP contribution in [0.5, 0.6) is 0 Å². The van der Waals surface area contributed by atoms with E-state index in [1.54, 1.807) is 27.7 Å². The van der Waals surface area contributed by atoms with E-state index >= 15 is 0 Å². The second-order valence-corrected chi connectivity index (χ2v) is 5.90. The molecule has 0 bridgehead atoms. The number of hydrogen-bond donors (Lipinski definition) is 2. The van der Waals surface area contributed by atoms with Gasteiger partial charge in [0.2, 0.25) is 0 Å². The van der Waals surface area contributed by atoms with Crippen LogP contribution in [-0.2, 0) is 4.74 Å². The van der Waals surface area contributed by atoms with Crippen molar-refractivity contribution in [3.63, 3.8) is 0 Å². The first-order chi connectivity index (χ1) is 9.43. The minimum absolute atomic E-state index is 0.0408. The number of carbonyl (C=O) groups excluding carboxylic acids is 2. The van der Waals surface area contributed by atoms with E-state index in [0.717, 1.165) is 0 Å². The molecule has 5 nitrogen and oxygen atoms in total. The predicted octanol–water partition coefficient (Wildman–Crippen LogP) is 2.10. The van der Waals surface area contributed by atoms with Gasteiger partial charge in [0.25, 0.3) is 0 Å². The Morgan fingerprint density at radius 2 is 2.05 bits per heavy atom. The van der Waals surface area contributed by atoms with Gasteiger partial charge >= 0.3 is 5.97 Å². The molecule has 112 valence electrons. The van der Waals surface area contributed by atoms with Gasteiger partial charge in [-0.15, -0.1) is 11.8 Å². The lowest BCUT2D eigenvalue weighted by molar-refractivity contribution is 0.0525. The third kappa shape index (κ3) is 3.64. The summed E-state index contributed by atoms with van der Waals surface area (Å²) in [6.45, 7) is 7.37. The fourth-order valence-electron chi connectivity index (χ4n) is 2.01. The summed E-state index contributed by atoms with van der Waals surface area (Å²) in [7, 11) is 0. The number of hydrogen-bond acceptors (Lipinski definition) is 5. The topological polar surface area (TPSA) is 79.4 Å². The lowest BCUT2D eigenvalue weighted by Gasteiger charge is -2.09. The molecule has 0 saturated carbocycles. The zero-order valence-electron chi connectivity index (χ0n) is 12.3. The molecule has 1 heterocycles. The molecular formula is C14H21NO4S. The number of aliphatic hydroxyl groups is 1. The number of ketones is 1. The molecule has 0 unspecified atom stereocenters. The number of aryl methyl sites for hydroxylation is 1. The molecule has 0 aliphatic rings. The maximum Gasteiger partial charge on any atom is 0.340 e. The molecule has 2 N–H and O–H groups in total. The van der Waals surface area contributed by atoms with Gasteiger partial charge in [0, 0.05) is 11.4 Å². The van der Waals surface area contributed by atoms with Crippen LogP contribution in [0.4, 0.5) is 0 Å². The van der Waals surface area contributed by atoms with Crippen molar-refractivity contribution < 1.29 is 19.4 Å². The van der Waals surface area contributed by atoms with Gasteiger partial charge in [0.15, 0.2) is 5.78 Å². The number of rotatable bonds is 7. The van der Waals surface area contributed by atoms with Gasteiger partial charge < -0.3 is 14.8 Å². The average molecular weight is 299 g/mol. The van der Waals surface area contributed by atoms with Gasteiger partial charge in [0.1, 0.15) is 0 Å². The SMILES string of the molecule is CCOC(=O)c1c(C)[nH]c(C(=O)[C@@H](C)SCCO)c1C. The summed E-state index contributed by atoms with van der Waals surface area (Å²) >= 11 is 1.39. The van der Waals surface area contributed by atoms with Crippen molar-refractivity contribution in [2.75, 3.05) is 19.0 Å². The second-order valence-electron chi connectivity index (χ2n) is 4.45. The third-order valence-corrected chi connectivity index (χ3v) is 4.12. The van der Waals surface area contributed by atoms with E-state index in [9.17, 15) is 9.59 Å². The summed E-state index contributed by atoms with van der Waals surface area (Å²) in [6.07, 6.45) is 0. The first-order valence-electron chi connectivity index (χ1n) is 6.56. The van der Waals surface area contributed by atoms with Crippen LogP contribution in [0.15, 0.2) is 0 Å². The van der Waals surface area contributed by atoms with Gasteiger partial charge in [-0.05, 0) is 33.3 Å². The first kappa shape index (κ1) is 16.8. The van der Waals surface area contributed by atoms with E-state index in [0.29, 0.717) is 34.9 Å². The maximum atomic E-state index is 12.3. The summed E-state index contributed by atoms with van der Waals surface area (Å²) in [6, 6.07) is 0. The highest BCUT2D eigenvalue weighted by Gasteiger charge is 2.25. The molecule has 1 rings (SSSR count). The van der Waals surface area contributed by atoms with E-state index in [1.165, 1.54) is 11.8 Å². The molecule has 0 aliphatic carbocycles. The Balaban J connectivity index is 3.00. The monoisotopic (exact) mass is 299 g/mol. The number of aromatic nitrogens is 1. The zero-order valence-corrected chi connectivity index (χ0v) is 13.1. The van der Waals surface area contributed by atoms with Crippen molar-refractivity contribution in [2.45, 2.75) is 32.9 Å². The van der Waals surface area contributed by atoms with Crippen LogP contribution in [0.2, 0.25) is 0 Å². The maximum absolute atomic E-state index is 12.3. The smallest absolute Gasteiger partial charge is 0.340 e. The van der Waals surface area contributed by atoms with E-state index in [2.05, 4.69) is 4.98 Å². The van der Waals surface area contributed by atoms with Crippen LogP contribution in [0.1, 0.15) is 46.0 Å². The standard InChI is InChI=1S/C14H21NO4S/c1-5-19-14(18)11-8(2)12(15-9(11)3)13(17)10(4)20-7-6-16/h10,15-16H,5-7H2,1-4H3/t10-/m1/s1. The number of Topliss-reactive ketones (excluding diaryl/α,β-unsaturated/α-hetero) is 1. The molecule has 0 fully saturated rings. The number of nitrogens with one attached hydrogen (secondary N) is 1. The highest BCUT2D eigenvalue weighted by atomic mass is 32.2. The van der Waals surface area contributed by atoms with Crippen LogP contribution < -0.4 is 0 Å². The number of thioether (sulfide) groups is 1. The normalized spacial score (nSPS) is 12.2. The molecule has 1 aromatic heterocycles. The molecule has 0 radical (unpaired) electrons. The Hall–Kier alpha value is -1.27. The van der Waals surface area contributed by atoms with Crippen LogP contribution in [-0.4, -0.2) is 46.1 Å². The van der Waals surface area contributed by atoms with Gasteiger partial charge in [0.05, 0.1) is 29.7 Å². The molecule has 1 aromatic rings. The van der Waals surface area contributed by atoms with E-state index in [1.807, 2.05) is 0 Å². The van der Waals surface area contributed by atoms with Crippen molar-refractivity contribution in [1.82, 2.24) is 4.98 Å². The molecule has 6 heteroatoms. The fourth-order valence-corrected chi connectivity index (χ4v) is 2.74. The summed E-state index contributed by atoms with van der Waals surface area (Å²) in [4.78, 5) is 27.2. The third-order valence-electron chi connectivity index (χ3n) is 2.99. The van der Waals surface area contributed by atoms with Crippen molar-refractivity contribution in [3.05, 3.63) is 22.5 Å². The van der Waals surface area contributed by atoms with Gasteiger partial charge in [-0.3, -0.25) is 4.79 Å². The molecule has 20 heavy (non-hydrogen) atoms. The molecule has 1 atom stereocenters. The Morgan fingerprint density at radius 3 is 2.60 bits per heavy atom. The summed E-state index contributed by atoms with van der Waals surface area (Å²) in [5.41, 5.74) is 2.16. The number of ether oxygens (including phenoxy) is 1. The summed E-state index contributed by atoms with van der Waals surface area (Å²) in [5.74, 6) is 0.0317. The molecule has 0 aliphatic heterocycles. The largest absolute Gasteiger partial charge is 0.462 e. The van der Waals surface area contributed by atoms with Crippen LogP contribution >= 0.6 is 11.8 Å². The molecule has 0 aromatic carbocycles. The molecule has 0 spiro atoms. The highest BCUT2D eigenvalue weighted by Crippen LogP contribution is 2.23. The highest BCUT2D eigenvalue weighted by molar-refractivity contribution is 8.00. The van der Waals surface area contributed by atoms with Crippen molar-refractivity contribution in [3.8, 4) is 0 Å². The average Bonchev–Trinajstić information content (AvgIpc) is 2.70. The van der Waals surface area contributed by atoms with E-state index < -0.39 is 5.97 Å². The van der Waals surface area contributed by atoms with Crippen molar-refractivity contribution >= 4 is 23.5 Å². The van der Waals surface area contributed by atoms with Crippen LogP contribution in [0, 0.1) is 13.8 Å². The number of esters is 1. The number of aromatic amines is 1. The van der Waals surface area contributed by atoms with Crippen LogP contribution in [0.3, 0.4) is 0 Å². The van der Waals surface area contributed by atoms with Gasteiger partial charge in [-0.25, -0.2) is 4.79 Å². The van der Waals surface area contributed by atoms with Crippen molar-refractivity contribution in [2.24, 2.45) is 0 Å². The lowest BCUT2D eigenvalue weighted by atomic mass is 10.1. The van der Waals surface area contributed by atoms with E-state index in [4.69, 9.17) is 9.84 Å². The predicted molar refractivity (Wildman–Crippen MR) is 79.6 cm³/mol. The Bertz CT molecular complexity index is 496. The lowest BCUT2D eigenvalue weighted by Crippen LogP contribution is -2.16. The minimum atomic E-state index is -0.409. The van der Waals surface area contributed by atoms with Gasteiger partial charge in [-0.2, -0.15) is 0 Å². The number of H-pyrrole nitrogens is 1. The molecule has 0 amide bonds. The van der Waals surface area contributed by atoms with Crippen LogP contribution in [0.25, 0.3) is 0 Å². The molecule has 0 saturated heterocycles. The Kier molecular flexibility index (Phi) is 6.29. The zero-order chi connectivity index (χ0) is 15.3. The van der Waals surface area contributed by atoms with Gasteiger partial charge in [-0.1, -0.05) is 0 Å². The quantitative estimate of drug-likeness (QED) is 0.595. The fraction of sp³-hybridized carbons (Fsp3) is 0.571. The number of carbonyl (C=O) groups is 2. The first-order valence-corrected chi connectivity index (χ1v) is 7.61.